The Morgan fingerprint density at radius 3 is 2.52 bits per heavy atom. The Morgan fingerprint density at radius 1 is 1.10 bits per heavy atom. The molecule has 1 aliphatic rings. The highest BCUT2D eigenvalue weighted by Crippen LogP contribution is 2.24. The van der Waals surface area contributed by atoms with Crippen LogP contribution in [0.1, 0.15) is 54.6 Å². The van der Waals surface area contributed by atoms with E-state index < -0.39 is 11.8 Å². The molecule has 29 heavy (non-hydrogen) atoms. The van der Waals surface area contributed by atoms with Gasteiger partial charge in [-0.05, 0) is 57.4 Å². The first-order valence-corrected chi connectivity index (χ1v) is 10.3. The van der Waals surface area contributed by atoms with Crippen molar-refractivity contribution in [1.29, 1.82) is 0 Å². The van der Waals surface area contributed by atoms with E-state index >= 15 is 0 Å². The number of carbonyl (C=O) groups excluding carboxylic acids is 2. The Morgan fingerprint density at radius 2 is 1.83 bits per heavy atom. The summed E-state index contributed by atoms with van der Waals surface area (Å²) in [6, 6.07) is 7.98. The van der Waals surface area contributed by atoms with Crippen molar-refractivity contribution in [1.82, 2.24) is 15.3 Å². The van der Waals surface area contributed by atoms with Crippen LogP contribution in [0.3, 0.4) is 0 Å². The molecule has 3 rings (SSSR count). The molecule has 1 aliphatic carbocycles. The lowest BCUT2D eigenvalue weighted by Gasteiger charge is -2.22. The molecule has 0 bridgehead atoms. The molecular weight excluding hydrogens is 388 g/mol. The zero-order valence-electron chi connectivity index (χ0n) is 17.1. The van der Waals surface area contributed by atoms with E-state index in [2.05, 4.69) is 20.4 Å². The molecule has 2 N–H and O–H groups in total. The molecule has 0 spiro atoms. The Kier molecular flexibility index (Phi) is 6.75. The number of halogens is 1. The van der Waals surface area contributed by atoms with Crippen molar-refractivity contribution in [2.45, 2.75) is 58.9 Å². The molecule has 0 radical (unpaired) electrons. The van der Waals surface area contributed by atoms with E-state index in [4.69, 9.17) is 11.6 Å². The Hall–Kier alpha value is -2.60. The molecule has 0 atom stereocenters. The topological polar surface area (TPSA) is 75.5 Å². The number of hydrogen-bond donors (Lipinski definition) is 2. The van der Waals surface area contributed by atoms with E-state index in [9.17, 15) is 9.59 Å². The van der Waals surface area contributed by atoms with Crippen molar-refractivity contribution < 1.29 is 9.59 Å². The molecule has 1 aromatic carbocycles. The average Bonchev–Trinajstić information content (AvgIpc) is 2.98. The molecule has 7 heteroatoms. The molecule has 0 aliphatic heterocycles. The fourth-order valence-electron chi connectivity index (χ4n) is 3.75. The minimum atomic E-state index is -0.744. The maximum absolute atomic E-state index is 12.0. The van der Waals surface area contributed by atoms with Crippen LogP contribution < -0.4 is 10.7 Å². The predicted octanol–water partition coefficient (Wildman–Crippen LogP) is 3.95. The quantitative estimate of drug-likeness (QED) is 0.451. The van der Waals surface area contributed by atoms with Crippen molar-refractivity contribution in [3.05, 3.63) is 51.8 Å². The van der Waals surface area contributed by atoms with Crippen molar-refractivity contribution >= 4 is 29.6 Å². The summed E-state index contributed by atoms with van der Waals surface area (Å²) in [4.78, 5) is 24.0. The van der Waals surface area contributed by atoms with Crippen LogP contribution >= 0.6 is 11.6 Å². The Balaban J connectivity index is 1.65. The van der Waals surface area contributed by atoms with Crippen LogP contribution in [0.4, 0.5) is 0 Å². The van der Waals surface area contributed by atoms with E-state index in [1.807, 2.05) is 45.0 Å². The van der Waals surface area contributed by atoms with Crippen LogP contribution in [0, 0.1) is 20.8 Å². The standard InChI is InChI=1S/C22H27ClN4O2/c1-14-9-10-19(12-20(14)23)27-15(2)11-17(16(27)3)13-24-26-22(29)21(28)25-18-7-5-4-6-8-18/h9-13,18H,4-8H2,1-3H3,(H,25,28)(H,26,29)/b24-13-. The fourth-order valence-corrected chi connectivity index (χ4v) is 3.92. The van der Waals surface area contributed by atoms with Gasteiger partial charge in [0.15, 0.2) is 0 Å². The molecule has 1 fully saturated rings. The molecule has 6 nitrogen and oxygen atoms in total. The molecule has 2 aromatic rings. The first-order valence-electron chi connectivity index (χ1n) is 9.96. The van der Waals surface area contributed by atoms with Gasteiger partial charge in [0.2, 0.25) is 0 Å². The number of hydrogen-bond acceptors (Lipinski definition) is 3. The first-order chi connectivity index (χ1) is 13.9. The second-order valence-corrected chi connectivity index (χ2v) is 8.01. The molecule has 154 valence electrons. The van der Waals surface area contributed by atoms with E-state index in [-0.39, 0.29) is 6.04 Å². The van der Waals surface area contributed by atoms with Crippen molar-refractivity contribution in [2.24, 2.45) is 5.10 Å². The van der Waals surface area contributed by atoms with Crippen LogP contribution in [-0.2, 0) is 9.59 Å². The van der Waals surface area contributed by atoms with E-state index in [0.717, 1.165) is 53.9 Å². The monoisotopic (exact) mass is 414 g/mol. The molecule has 2 amide bonds. The van der Waals surface area contributed by atoms with Gasteiger partial charge in [0.25, 0.3) is 0 Å². The third-order valence-corrected chi connectivity index (χ3v) is 5.81. The smallest absolute Gasteiger partial charge is 0.329 e. The molecule has 1 saturated carbocycles. The van der Waals surface area contributed by atoms with Gasteiger partial charge in [-0.1, -0.05) is 36.9 Å². The Labute approximate surface area is 176 Å². The fraction of sp³-hybridized carbons (Fsp3) is 0.409. The van der Waals surface area contributed by atoms with Crippen LogP contribution in [-0.4, -0.2) is 28.6 Å². The lowest BCUT2D eigenvalue weighted by molar-refractivity contribution is -0.139. The van der Waals surface area contributed by atoms with E-state index in [0.29, 0.717) is 5.02 Å². The summed E-state index contributed by atoms with van der Waals surface area (Å²) in [5, 5.41) is 7.46. The number of carbonyl (C=O) groups is 2. The predicted molar refractivity (Wildman–Crippen MR) is 116 cm³/mol. The van der Waals surface area contributed by atoms with Crippen LogP contribution in [0.25, 0.3) is 5.69 Å². The van der Waals surface area contributed by atoms with Gasteiger partial charge in [0.05, 0.1) is 6.21 Å². The SMILES string of the molecule is Cc1ccc(-n2c(C)cc(/C=N\NC(=O)C(=O)NC3CCCCC3)c2C)cc1Cl. The third kappa shape index (κ3) is 5.07. The lowest BCUT2D eigenvalue weighted by atomic mass is 9.95. The normalized spacial score (nSPS) is 14.9. The number of amides is 2. The van der Waals surface area contributed by atoms with Crippen LogP contribution in [0.15, 0.2) is 29.4 Å². The van der Waals surface area contributed by atoms with E-state index in [1.165, 1.54) is 6.42 Å². The summed E-state index contributed by atoms with van der Waals surface area (Å²) in [6.45, 7) is 5.93. The summed E-state index contributed by atoms with van der Waals surface area (Å²) in [7, 11) is 0. The van der Waals surface area contributed by atoms with E-state index in [1.54, 1.807) is 6.21 Å². The van der Waals surface area contributed by atoms with Gasteiger partial charge in [0, 0.05) is 33.7 Å². The zero-order valence-corrected chi connectivity index (χ0v) is 17.8. The van der Waals surface area contributed by atoms with Crippen molar-refractivity contribution in [2.75, 3.05) is 0 Å². The minimum Gasteiger partial charge on any atom is -0.345 e. The average molecular weight is 415 g/mol. The summed E-state index contributed by atoms with van der Waals surface area (Å²) < 4.78 is 2.07. The van der Waals surface area contributed by atoms with Crippen LogP contribution in [0.5, 0.6) is 0 Å². The molecule has 0 unspecified atom stereocenters. The van der Waals surface area contributed by atoms with Crippen LogP contribution in [0.2, 0.25) is 5.02 Å². The first kappa shape index (κ1) is 21.1. The second-order valence-electron chi connectivity index (χ2n) is 7.60. The highest BCUT2D eigenvalue weighted by molar-refractivity contribution is 6.35. The van der Waals surface area contributed by atoms with Crippen molar-refractivity contribution in [3.8, 4) is 5.69 Å². The maximum atomic E-state index is 12.0. The molecular formula is C22H27ClN4O2. The summed E-state index contributed by atoms with van der Waals surface area (Å²) >= 11 is 6.27. The summed E-state index contributed by atoms with van der Waals surface area (Å²) in [5.74, 6) is -1.38. The number of rotatable bonds is 4. The largest absolute Gasteiger partial charge is 0.345 e. The third-order valence-electron chi connectivity index (χ3n) is 5.40. The van der Waals surface area contributed by atoms with Gasteiger partial charge in [-0.15, -0.1) is 0 Å². The summed E-state index contributed by atoms with van der Waals surface area (Å²) in [6.07, 6.45) is 6.78. The number of nitrogens with zero attached hydrogens (tertiary/aromatic N) is 2. The minimum absolute atomic E-state index is 0.0891. The van der Waals surface area contributed by atoms with Gasteiger partial charge in [0.1, 0.15) is 0 Å². The van der Waals surface area contributed by atoms with Gasteiger partial charge in [-0.3, -0.25) is 9.59 Å². The Bertz CT molecular complexity index is 943. The van der Waals surface area contributed by atoms with Gasteiger partial charge in [-0.25, -0.2) is 5.43 Å². The zero-order chi connectivity index (χ0) is 21.0. The lowest BCUT2D eigenvalue weighted by Crippen LogP contribution is -2.44. The number of aryl methyl sites for hydroxylation is 2. The molecule has 1 heterocycles. The summed E-state index contributed by atoms with van der Waals surface area (Å²) in [5.41, 5.74) is 7.14. The molecule has 0 saturated heterocycles. The number of benzene rings is 1. The van der Waals surface area contributed by atoms with Gasteiger partial charge >= 0.3 is 11.8 Å². The van der Waals surface area contributed by atoms with Gasteiger partial charge in [-0.2, -0.15) is 5.10 Å². The highest BCUT2D eigenvalue weighted by Gasteiger charge is 2.20. The number of aromatic nitrogens is 1. The number of hydrazone groups is 1. The van der Waals surface area contributed by atoms with Crippen molar-refractivity contribution in [3.63, 3.8) is 0 Å². The second kappa shape index (κ2) is 9.27. The highest BCUT2D eigenvalue weighted by atomic mass is 35.5. The molecule has 1 aromatic heterocycles. The number of nitrogens with one attached hydrogen (secondary N) is 2. The maximum Gasteiger partial charge on any atom is 0.329 e. The van der Waals surface area contributed by atoms with Gasteiger partial charge < -0.3 is 9.88 Å².